The standard InChI is InChI=1S/C13H12N2O5/c1-19-13-7-11(15(17)18)12(8-14(13)16)20-9-10-5-3-2-4-6-10/h2-8H,9H2,1H3. The topological polar surface area (TPSA) is 88.5 Å². The minimum absolute atomic E-state index is 0.102. The summed E-state index contributed by atoms with van der Waals surface area (Å²) in [4.78, 5) is 10.3. The third-order valence-corrected chi connectivity index (χ3v) is 2.61. The van der Waals surface area contributed by atoms with Gasteiger partial charge >= 0.3 is 11.6 Å². The summed E-state index contributed by atoms with van der Waals surface area (Å²) in [5.74, 6) is -0.265. The summed E-state index contributed by atoms with van der Waals surface area (Å²) in [6.07, 6.45) is 0.986. The second-order valence-corrected chi connectivity index (χ2v) is 3.92. The summed E-state index contributed by atoms with van der Waals surface area (Å²) >= 11 is 0. The summed E-state index contributed by atoms with van der Waals surface area (Å²) in [5, 5.41) is 22.5. The molecule has 0 spiro atoms. The molecule has 104 valence electrons. The van der Waals surface area contributed by atoms with E-state index in [9.17, 15) is 15.3 Å². The number of pyridine rings is 1. The fraction of sp³-hybridized carbons (Fsp3) is 0.154. The highest BCUT2D eigenvalue weighted by Gasteiger charge is 2.23. The molecule has 0 N–H and O–H groups in total. The zero-order chi connectivity index (χ0) is 14.5. The van der Waals surface area contributed by atoms with Crippen LogP contribution >= 0.6 is 0 Å². The van der Waals surface area contributed by atoms with Gasteiger partial charge in [0.25, 0.3) is 5.75 Å². The smallest absolute Gasteiger partial charge is 0.386 e. The SMILES string of the molecule is COc1cc([N+](=O)[O-])c(OCc2ccccc2)c[n+]1[O-]. The van der Waals surface area contributed by atoms with Gasteiger partial charge in [-0.25, -0.2) is 0 Å². The Morgan fingerprint density at radius 3 is 2.60 bits per heavy atom. The highest BCUT2D eigenvalue weighted by molar-refractivity contribution is 5.45. The van der Waals surface area contributed by atoms with E-state index in [2.05, 4.69) is 0 Å². The molecule has 0 bridgehead atoms. The van der Waals surface area contributed by atoms with Crippen LogP contribution in [0.25, 0.3) is 0 Å². The normalized spacial score (nSPS) is 10.1. The summed E-state index contributed by atoms with van der Waals surface area (Å²) in [7, 11) is 1.26. The lowest BCUT2D eigenvalue weighted by atomic mass is 10.2. The fourth-order valence-corrected chi connectivity index (χ4v) is 1.63. The van der Waals surface area contributed by atoms with Crippen LogP contribution < -0.4 is 14.2 Å². The Labute approximate surface area is 114 Å². The average Bonchev–Trinajstić information content (AvgIpc) is 2.46. The van der Waals surface area contributed by atoms with Gasteiger partial charge in [-0.1, -0.05) is 30.3 Å². The van der Waals surface area contributed by atoms with Crippen molar-refractivity contribution in [1.29, 1.82) is 0 Å². The fourth-order valence-electron chi connectivity index (χ4n) is 1.63. The van der Waals surface area contributed by atoms with Crippen LogP contribution in [-0.4, -0.2) is 12.0 Å². The number of nitrogens with zero attached hydrogens (tertiary/aromatic N) is 2. The Morgan fingerprint density at radius 1 is 1.30 bits per heavy atom. The first kappa shape index (κ1) is 13.6. The number of rotatable bonds is 5. The minimum atomic E-state index is -0.622. The number of ether oxygens (including phenoxy) is 2. The van der Waals surface area contributed by atoms with E-state index in [0.717, 1.165) is 17.8 Å². The van der Waals surface area contributed by atoms with E-state index in [1.165, 1.54) is 7.11 Å². The number of hydrogen-bond acceptors (Lipinski definition) is 5. The maximum Gasteiger partial charge on any atom is 0.386 e. The molecule has 1 heterocycles. The molecule has 0 aliphatic carbocycles. The molecule has 0 fully saturated rings. The van der Waals surface area contributed by atoms with Crippen LogP contribution in [0.4, 0.5) is 5.69 Å². The molecule has 0 unspecified atom stereocenters. The molecule has 2 rings (SSSR count). The van der Waals surface area contributed by atoms with Crippen LogP contribution in [0.5, 0.6) is 11.6 Å². The van der Waals surface area contributed by atoms with Crippen LogP contribution in [0.1, 0.15) is 5.56 Å². The predicted molar refractivity (Wildman–Crippen MR) is 69.4 cm³/mol. The first-order valence-electron chi connectivity index (χ1n) is 5.74. The number of aromatic nitrogens is 1. The zero-order valence-electron chi connectivity index (χ0n) is 10.7. The average molecular weight is 276 g/mol. The lowest BCUT2D eigenvalue weighted by Gasteiger charge is -2.08. The maximum absolute atomic E-state index is 11.5. The number of nitro groups is 1. The van der Waals surface area contributed by atoms with Crippen LogP contribution in [0.3, 0.4) is 0 Å². The highest BCUT2D eigenvalue weighted by atomic mass is 16.6. The number of benzene rings is 1. The second-order valence-electron chi connectivity index (χ2n) is 3.92. The van der Waals surface area contributed by atoms with Gasteiger partial charge < -0.3 is 14.7 Å². The van der Waals surface area contributed by atoms with E-state index in [4.69, 9.17) is 9.47 Å². The molecule has 20 heavy (non-hydrogen) atoms. The summed E-state index contributed by atoms with van der Waals surface area (Å²) in [5.41, 5.74) is 0.528. The van der Waals surface area contributed by atoms with Crippen LogP contribution in [0.15, 0.2) is 42.6 Å². The van der Waals surface area contributed by atoms with Crippen molar-refractivity contribution < 1.29 is 19.1 Å². The summed E-state index contributed by atoms with van der Waals surface area (Å²) in [6, 6.07) is 10.2. The van der Waals surface area contributed by atoms with Crippen LogP contribution in [-0.2, 0) is 6.61 Å². The minimum Gasteiger partial charge on any atom is -0.616 e. The van der Waals surface area contributed by atoms with Crippen molar-refractivity contribution >= 4 is 5.69 Å². The third-order valence-electron chi connectivity index (χ3n) is 2.61. The number of hydrogen-bond donors (Lipinski definition) is 0. The van der Waals surface area contributed by atoms with Crippen LogP contribution in [0, 0.1) is 15.3 Å². The van der Waals surface area contributed by atoms with E-state index in [0.29, 0.717) is 4.73 Å². The molecule has 0 radical (unpaired) electrons. The van der Waals surface area contributed by atoms with E-state index in [1.807, 2.05) is 30.3 Å². The summed E-state index contributed by atoms with van der Waals surface area (Å²) < 4.78 is 10.5. The second kappa shape index (κ2) is 5.87. The Hall–Kier alpha value is -2.83. The van der Waals surface area contributed by atoms with Gasteiger partial charge in [0, 0.05) is 0 Å². The Bertz CT molecular complexity index is 616. The molecule has 0 saturated heterocycles. The molecule has 0 aliphatic rings. The van der Waals surface area contributed by atoms with Crippen molar-refractivity contribution in [3.63, 3.8) is 0 Å². The molecular weight excluding hydrogens is 264 g/mol. The zero-order valence-corrected chi connectivity index (χ0v) is 10.7. The van der Waals surface area contributed by atoms with Gasteiger partial charge in [0.15, 0.2) is 0 Å². The lowest BCUT2D eigenvalue weighted by molar-refractivity contribution is -0.613. The number of methoxy groups -OCH3 is 1. The first-order chi connectivity index (χ1) is 9.61. The van der Waals surface area contributed by atoms with Crippen molar-refractivity contribution in [3.8, 4) is 11.6 Å². The molecular formula is C13H12N2O5. The van der Waals surface area contributed by atoms with E-state index in [1.54, 1.807) is 0 Å². The van der Waals surface area contributed by atoms with Gasteiger partial charge in [-0.3, -0.25) is 10.1 Å². The molecule has 0 atom stereocenters. The van der Waals surface area contributed by atoms with E-state index < -0.39 is 4.92 Å². The highest BCUT2D eigenvalue weighted by Crippen LogP contribution is 2.28. The van der Waals surface area contributed by atoms with Gasteiger partial charge in [-0.05, 0) is 5.56 Å². The van der Waals surface area contributed by atoms with Gasteiger partial charge in [-0.15, -0.1) is 4.73 Å². The Kier molecular flexibility index (Phi) is 3.99. The van der Waals surface area contributed by atoms with Crippen LogP contribution in [0.2, 0.25) is 0 Å². The lowest BCUT2D eigenvalue weighted by Crippen LogP contribution is -2.28. The molecule has 0 saturated carbocycles. The van der Waals surface area contributed by atoms with Crippen molar-refractivity contribution in [1.82, 2.24) is 0 Å². The van der Waals surface area contributed by atoms with E-state index >= 15 is 0 Å². The van der Waals surface area contributed by atoms with Gasteiger partial charge in [0.05, 0.1) is 12.0 Å². The van der Waals surface area contributed by atoms with Gasteiger partial charge in [0.1, 0.15) is 12.7 Å². The third kappa shape index (κ3) is 2.94. The quantitative estimate of drug-likeness (QED) is 0.359. The van der Waals surface area contributed by atoms with Gasteiger partial charge in [0.2, 0.25) is 6.20 Å². The van der Waals surface area contributed by atoms with Crippen molar-refractivity contribution in [2.75, 3.05) is 7.11 Å². The molecule has 1 aromatic heterocycles. The molecule has 7 heteroatoms. The molecule has 0 amide bonds. The molecule has 7 nitrogen and oxygen atoms in total. The van der Waals surface area contributed by atoms with Crippen molar-refractivity contribution in [2.45, 2.75) is 6.61 Å². The van der Waals surface area contributed by atoms with Crippen molar-refractivity contribution in [3.05, 3.63) is 63.5 Å². The Morgan fingerprint density at radius 2 is 2.00 bits per heavy atom. The van der Waals surface area contributed by atoms with Crippen molar-refractivity contribution in [2.24, 2.45) is 0 Å². The predicted octanol–water partition coefficient (Wildman–Crippen LogP) is 1.82. The summed E-state index contributed by atoms with van der Waals surface area (Å²) in [6.45, 7) is 0.133. The Balaban J connectivity index is 2.26. The molecule has 1 aromatic carbocycles. The molecule has 2 aromatic rings. The molecule has 0 aliphatic heterocycles. The first-order valence-corrected chi connectivity index (χ1v) is 5.74. The largest absolute Gasteiger partial charge is 0.616 e. The van der Waals surface area contributed by atoms with E-state index in [-0.39, 0.29) is 23.9 Å². The maximum atomic E-state index is 11.5. The van der Waals surface area contributed by atoms with Gasteiger partial charge in [-0.2, -0.15) is 0 Å². The monoisotopic (exact) mass is 276 g/mol.